The number of Topliss-reactive ketones (excluding diaryl/α,β-unsaturated/α-hetero) is 3. The van der Waals surface area contributed by atoms with Crippen molar-refractivity contribution < 1.29 is 224 Å². The second-order valence-electron chi connectivity index (χ2n) is 30.0. The van der Waals surface area contributed by atoms with Crippen LogP contribution in [0.3, 0.4) is 0 Å². The van der Waals surface area contributed by atoms with E-state index in [1.54, 1.807) is 6.92 Å². The molecule has 0 aliphatic heterocycles. The van der Waals surface area contributed by atoms with Gasteiger partial charge in [0.05, 0.1) is 44.5 Å². The van der Waals surface area contributed by atoms with E-state index in [4.69, 9.17) is 0 Å². The van der Waals surface area contributed by atoms with E-state index >= 15 is 0 Å². The molecule has 0 bridgehead atoms. The Morgan fingerprint density at radius 3 is 1.40 bits per heavy atom. The fourth-order valence-corrected chi connectivity index (χ4v) is 18.7. The molecule has 2 heterocycles. The fraction of sp³-hybridized carbons (Fsp3) is 0.765. The lowest BCUT2D eigenvalue weighted by atomic mass is 9.44. The zero-order valence-corrected chi connectivity index (χ0v) is 69.3. The first kappa shape index (κ1) is 110. The summed E-state index contributed by atoms with van der Waals surface area (Å²) in [5, 5.41) is -23.6. The molecule has 2 aromatic rings. The molecule has 0 amide bonds. The molecule has 6 saturated carbocycles. The van der Waals surface area contributed by atoms with Crippen LogP contribution in [0.15, 0.2) is 40.3 Å². The minimum atomic E-state index is -6.78. The Kier molecular flexibility index (Phi) is 37.9. The van der Waals surface area contributed by atoms with Crippen LogP contribution in [0.25, 0.3) is 0 Å². The Morgan fingerprint density at radius 1 is 0.524 bits per heavy atom. The highest BCUT2D eigenvalue weighted by Crippen LogP contribution is 2.66. The average Bonchev–Trinajstić information content (AvgIpc) is 1.46. The van der Waals surface area contributed by atoms with E-state index in [9.17, 15) is 195 Å². The van der Waals surface area contributed by atoms with Gasteiger partial charge in [-0.15, -0.1) is 11.3 Å². The van der Waals surface area contributed by atoms with Crippen LogP contribution in [0.2, 0.25) is 0 Å². The summed E-state index contributed by atoms with van der Waals surface area (Å²) in [7, 11) is -31.4. The van der Waals surface area contributed by atoms with Gasteiger partial charge in [0.1, 0.15) is 49.4 Å². The van der Waals surface area contributed by atoms with Crippen LogP contribution in [0.4, 0.5) is 92.2 Å². The van der Waals surface area contributed by atoms with Gasteiger partial charge < -0.3 is 50.9 Å². The molecule has 6 fully saturated rings. The number of esters is 5. The minimum Gasteiger partial charge on any atom is -0.747 e. The smallest absolute Gasteiger partial charge is 0.432 e. The van der Waals surface area contributed by atoms with Crippen molar-refractivity contribution in [2.24, 2.45) is 64.1 Å². The molecular formula is C68H80F21O29S6-5. The predicted molar refractivity (Wildman–Crippen MR) is 370 cm³/mol. The molecule has 6 aliphatic rings. The van der Waals surface area contributed by atoms with Crippen molar-refractivity contribution in [3.05, 3.63) is 46.5 Å². The van der Waals surface area contributed by atoms with Crippen LogP contribution in [-0.4, -0.2) is 202 Å². The number of thiophene rings is 1. The van der Waals surface area contributed by atoms with Gasteiger partial charge in [-0.2, -0.15) is 87.8 Å². The maximum atomic E-state index is 13.6. The lowest BCUT2D eigenvalue weighted by Crippen LogP contribution is -2.59. The molecule has 0 saturated heterocycles. The Hall–Kier alpha value is -6.58. The molecule has 0 N–H and O–H groups in total. The number of halogens is 21. The summed E-state index contributed by atoms with van der Waals surface area (Å²) in [4.78, 5) is 96.7. The maximum Gasteiger partial charge on any atom is 0.432 e. The molecular weight excluding hydrogens is 1870 g/mol. The molecule has 8 rings (SSSR count). The predicted octanol–water partition coefficient (Wildman–Crippen LogP) is 13.1. The highest BCUT2D eigenvalue weighted by Gasteiger charge is 2.67. The number of hydrogen-bond donors (Lipinski definition) is 0. The number of carbonyl (C=O) groups is 8. The van der Waals surface area contributed by atoms with Crippen molar-refractivity contribution in [2.45, 2.75) is 231 Å². The van der Waals surface area contributed by atoms with Gasteiger partial charge in [0, 0.05) is 56.3 Å². The molecule has 0 spiro atoms. The number of ketones is 3. The first-order valence-corrected chi connectivity index (χ1v) is 45.0. The minimum absolute atomic E-state index is 0.0340. The fourth-order valence-electron chi connectivity index (χ4n) is 15.3. The number of carbonyl (C=O) groups excluding carboxylic acids is 8. The van der Waals surface area contributed by atoms with Gasteiger partial charge in [-0.05, 0) is 123 Å². The van der Waals surface area contributed by atoms with Crippen molar-refractivity contribution in [3.63, 3.8) is 0 Å². The second-order valence-corrected chi connectivity index (χ2v) is 38.3. The first-order valence-electron chi connectivity index (χ1n) is 37.0. The van der Waals surface area contributed by atoms with Crippen LogP contribution in [0.5, 0.6) is 0 Å². The lowest BCUT2D eigenvalue weighted by molar-refractivity contribution is -0.259. The summed E-state index contributed by atoms with van der Waals surface area (Å²) in [6.45, 7) is 0.138. The van der Waals surface area contributed by atoms with E-state index in [-0.39, 0.29) is 94.6 Å². The van der Waals surface area contributed by atoms with E-state index in [1.807, 2.05) is 0 Å². The largest absolute Gasteiger partial charge is 0.747 e. The number of alkyl halides is 21. The van der Waals surface area contributed by atoms with Crippen LogP contribution in [-0.2, 0) is 103 Å². The third-order valence-electron chi connectivity index (χ3n) is 22.0. The van der Waals surface area contributed by atoms with Gasteiger partial charge in [-0.3, -0.25) is 28.8 Å². The summed E-state index contributed by atoms with van der Waals surface area (Å²) in [5.74, 6) is -14.8. The van der Waals surface area contributed by atoms with Crippen molar-refractivity contribution in [3.8, 4) is 0 Å². The molecule has 12 atom stereocenters. The zero-order chi connectivity index (χ0) is 95.2. The molecule has 0 radical (unpaired) electrons. The topological polar surface area (TPSA) is 482 Å². The molecule has 2 aromatic heterocycles. The normalized spacial score (nSPS) is 23.6. The number of fused-ring (bicyclic) bond motifs is 5. The zero-order valence-electron chi connectivity index (χ0n) is 64.4. The molecule has 0 aromatic carbocycles. The Balaban J connectivity index is 0.000000337. The number of ether oxygens (including phenoxy) is 5. The number of furan rings is 1. The number of rotatable bonds is 30. The van der Waals surface area contributed by atoms with E-state index in [0.29, 0.717) is 57.8 Å². The van der Waals surface area contributed by atoms with Crippen LogP contribution < -0.4 is 0 Å². The third kappa shape index (κ3) is 29.0. The van der Waals surface area contributed by atoms with Gasteiger partial charge in [-0.1, -0.05) is 58.4 Å². The summed E-state index contributed by atoms with van der Waals surface area (Å²) in [6.07, 6.45) is -24.6. The summed E-state index contributed by atoms with van der Waals surface area (Å²) in [6, 6.07) is 5.35. The highest BCUT2D eigenvalue weighted by molar-refractivity contribution is 7.87. The number of hydrogen-bond acceptors (Lipinski definition) is 30. The quantitative estimate of drug-likeness (QED) is 0.0303. The Labute approximate surface area is 697 Å². The molecule has 6 unspecified atom stereocenters. The molecule has 124 heavy (non-hydrogen) atoms. The summed E-state index contributed by atoms with van der Waals surface area (Å²) < 4.78 is 452. The van der Waals surface area contributed by atoms with Crippen LogP contribution >= 0.6 is 11.3 Å². The van der Waals surface area contributed by atoms with Crippen LogP contribution in [0, 0.1) is 64.1 Å². The van der Waals surface area contributed by atoms with Gasteiger partial charge in [0.15, 0.2) is 46.6 Å². The maximum absolute atomic E-state index is 13.6. The second kappa shape index (κ2) is 42.8. The van der Waals surface area contributed by atoms with Gasteiger partial charge in [0.2, 0.25) is 5.76 Å². The monoisotopic (exact) mass is 1950 g/mol. The molecule has 6 aliphatic carbocycles. The van der Waals surface area contributed by atoms with E-state index in [1.165, 1.54) is 29.6 Å². The molecule has 29 nitrogen and oxygen atoms in total. The van der Waals surface area contributed by atoms with Gasteiger partial charge in [0.25, 0.3) is 6.10 Å². The third-order valence-corrected chi connectivity index (χ3v) is 27.7. The van der Waals surface area contributed by atoms with Crippen molar-refractivity contribution in [2.75, 3.05) is 26.4 Å². The van der Waals surface area contributed by atoms with E-state index in [2.05, 4.69) is 35.0 Å². The molecule has 56 heteroatoms. The van der Waals surface area contributed by atoms with E-state index in [0.717, 1.165) is 56.1 Å². The van der Waals surface area contributed by atoms with Crippen LogP contribution in [0.1, 0.15) is 188 Å². The van der Waals surface area contributed by atoms with Crippen molar-refractivity contribution in [1.29, 1.82) is 0 Å². The summed E-state index contributed by atoms with van der Waals surface area (Å²) in [5.41, 5.74) is -1.22. The van der Waals surface area contributed by atoms with Crippen molar-refractivity contribution in [1.82, 2.24) is 0 Å². The first-order chi connectivity index (χ1) is 56.3. The lowest BCUT2D eigenvalue weighted by Gasteiger charge is -2.58. The van der Waals surface area contributed by atoms with Crippen molar-refractivity contribution >= 4 is 109 Å². The van der Waals surface area contributed by atoms with E-state index < -0.39 is 225 Å². The SMILES string of the molecule is C[C@]12CCC(=O)C[C@H]1CC(=O)C1[C@H]2CC(=O)[C@]2(C)[C@@H](CCCC(=O)OC(C(F)(F)F)C(F)(F)S(=O)(=O)[O-])CC[C@H]12.O=C(OCCC(C(F)(F)F)C(F)(F)S(=O)(=O)[O-])C1CCCCC1.O=C(OCCC(C(F)(F)F)C(F)(F)S(=O)(=O)[O-])c1cccs1.O=C(OCCC(C(F)(F)F)S(=O)(=O)[O-])C1CCCCC1.O=C(OCCC(F)C(F)(F)S(=O)(=O)[O-])c1ccco1. The molecule has 714 valence electrons. The average molecular weight is 1950 g/mol. The Morgan fingerprint density at radius 2 is 0.984 bits per heavy atom. The van der Waals surface area contributed by atoms with Gasteiger partial charge in [-0.25, -0.2) is 56.1 Å². The summed E-state index contributed by atoms with van der Waals surface area (Å²) >= 11 is 0.914. The highest BCUT2D eigenvalue weighted by atomic mass is 32.2. The standard InChI is InChI=1S/C26H33F5O8S.C12H17F5O5S.C11H17F3O5S.C10H9F5O5S2.C9H9F3O6S/c1-23-9-8-15(32)10-14(23)11-18(33)21-16-7-6-13(24(16,2)19(34)12-17(21)23)4-3-5-20(35)39-22(25(27,28)29)26(30,31)40(36,37)38;13-11(14,15)9(12(16,17)23(19,20)21)6-7-22-10(18)8-4-2-1-3-5-8;12-11(13,14)9(20(16,17)18)6-7-19-10(15)8-4-2-1-3-5-8;11-9(12,13)7(10(14,15)22(17,18)19)3-4-20-8(16)6-2-1-5-21-6;10-7(9(11,12)19(14,15)16)3-5-18-8(13)6-2-1-4-17-6/h13-14,16-17,21-22H,3-12H2,1-2H3,(H,36,37,38);8-9H,1-7H2,(H,19,20,21);8-9H,1-7H2,(H,16,17,18);1-2,5,7H,3-4H2,(H,17,18,19);1-2,4,7H,3,5H2,(H,14,15,16)/p-5/t13-,14-,16+,17+,21?,22?,23-,24+;;;;/m0..../s1. The Bertz CT molecular complexity index is 4550. The van der Waals surface area contributed by atoms with Gasteiger partial charge >= 0.3 is 75.6 Å².